The monoisotopic (exact) mass is 420 g/mol. The SMILES string of the molecule is CC1(C)C2CCC1(C)[N+](Cc1c3ccccc3cc3ccccc13)=CN2c1ccccn1. The minimum atomic E-state index is 0.0982. The molecule has 0 N–H and O–H groups in total. The molecule has 1 aromatic heterocycles. The van der Waals surface area contributed by atoms with Crippen LogP contribution in [0.4, 0.5) is 5.82 Å². The molecule has 1 fully saturated rings. The Morgan fingerprint density at radius 3 is 2.22 bits per heavy atom. The average Bonchev–Trinajstić information content (AvgIpc) is 2.95. The zero-order valence-corrected chi connectivity index (χ0v) is 19.1. The number of anilines is 1. The van der Waals surface area contributed by atoms with Crippen molar-refractivity contribution < 1.29 is 4.58 Å². The number of aromatic nitrogens is 1. The van der Waals surface area contributed by atoms with Crippen molar-refractivity contribution in [1.29, 1.82) is 0 Å². The van der Waals surface area contributed by atoms with E-state index in [4.69, 9.17) is 4.98 Å². The van der Waals surface area contributed by atoms with Crippen molar-refractivity contribution in [3.05, 3.63) is 84.6 Å². The standard InChI is InChI=1S/C29H30N3/c1-28(2)26-15-16-29(28,3)31(20-32(26)27-14-8-9-17-30-27)19-25-23-12-6-4-10-21(23)18-22-11-5-7-13-24(22)25/h4-14,17-18,20,26H,15-16,19H2,1-3H3/q+1. The summed E-state index contributed by atoms with van der Waals surface area (Å²) >= 11 is 0. The topological polar surface area (TPSA) is 19.1 Å². The molecule has 2 unspecified atom stereocenters. The van der Waals surface area contributed by atoms with Gasteiger partial charge in [-0.3, -0.25) is 4.58 Å². The van der Waals surface area contributed by atoms with Gasteiger partial charge in [0.2, 0.25) is 12.2 Å². The van der Waals surface area contributed by atoms with E-state index in [0.29, 0.717) is 6.04 Å². The fourth-order valence-electron chi connectivity index (χ4n) is 6.21. The van der Waals surface area contributed by atoms with E-state index < -0.39 is 0 Å². The first-order valence-corrected chi connectivity index (χ1v) is 11.7. The van der Waals surface area contributed by atoms with Gasteiger partial charge in [0, 0.05) is 23.2 Å². The Hall–Kier alpha value is -3.20. The van der Waals surface area contributed by atoms with Crippen molar-refractivity contribution in [3.63, 3.8) is 0 Å². The molecule has 3 aromatic carbocycles. The summed E-state index contributed by atoms with van der Waals surface area (Å²) in [6, 6.07) is 26.7. The molecular formula is C29H30N3+. The van der Waals surface area contributed by atoms with E-state index in [1.165, 1.54) is 39.9 Å². The van der Waals surface area contributed by atoms with Crippen molar-refractivity contribution >= 4 is 33.7 Å². The second-order valence-electron chi connectivity index (χ2n) is 10.2. The third kappa shape index (κ3) is 2.67. The van der Waals surface area contributed by atoms with Gasteiger partial charge in [0.15, 0.2) is 0 Å². The van der Waals surface area contributed by atoms with Gasteiger partial charge in [-0.05, 0) is 53.4 Å². The summed E-state index contributed by atoms with van der Waals surface area (Å²) in [6.07, 6.45) is 6.64. The van der Waals surface area contributed by atoms with E-state index in [0.717, 1.165) is 12.4 Å². The number of benzene rings is 3. The first-order chi connectivity index (χ1) is 15.5. The number of nitrogens with zero attached hydrogens (tertiary/aromatic N) is 3. The molecule has 2 bridgehead atoms. The fraction of sp³-hybridized carbons (Fsp3) is 0.310. The maximum Gasteiger partial charge on any atom is 0.241 e. The predicted molar refractivity (Wildman–Crippen MR) is 133 cm³/mol. The summed E-state index contributed by atoms with van der Waals surface area (Å²) in [5, 5.41) is 5.33. The molecule has 1 aliphatic heterocycles. The molecule has 0 amide bonds. The van der Waals surface area contributed by atoms with E-state index in [9.17, 15) is 0 Å². The van der Waals surface area contributed by atoms with Crippen LogP contribution in [0.25, 0.3) is 21.5 Å². The second kappa shape index (κ2) is 6.90. The molecule has 32 heavy (non-hydrogen) atoms. The van der Waals surface area contributed by atoms with Crippen LogP contribution in [0.2, 0.25) is 0 Å². The van der Waals surface area contributed by atoms with Gasteiger partial charge in [-0.25, -0.2) is 9.88 Å². The minimum Gasteiger partial charge on any atom is -0.258 e. The van der Waals surface area contributed by atoms with Crippen molar-refractivity contribution in [2.75, 3.05) is 4.90 Å². The van der Waals surface area contributed by atoms with Gasteiger partial charge in [0.25, 0.3) is 0 Å². The summed E-state index contributed by atoms with van der Waals surface area (Å²) in [4.78, 5) is 7.15. The third-order valence-electron chi connectivity index (χ3n) is 8.48. The lowest BCUT2D eigenvalue weighted by molar-refractivity contribution is -0.634. The maximum atomic E-state index is 4.72. The van der Waals surface area contributed by atoms with Crippen LogP contribution in [0, 0.1) is 5.41 Å². The van der Waals surface area contributed by atoms with Gasteiger partial charge < -0.3 is 0 Å². The van der Waals surface area contributed by atoms with Gasteiger partial charge in [0.05, 0.1) is 0 Å². The highest BCUT2D eigenvalue weighted by Crippen LogP contribution is 2.53. The lowest BCUT2D eigenvalue weighted by Gasteiger charge is -2.45. The van der Waals surface area contributed by atoms with Crippen molar-refractivity contribution in [2.45, 2.75) is 51.7 Å². The molecule has 4 aromatic rings. The molecule has 0 radical (unpaired) electrons. The summed E-state index contributed by atoms with van der Waals surface area (Å²) in [7, 11) is 0. The average molecular weight is 421 g/mol. The van der Waals surface area contributed by atoms with Gasteiger partial charge in [-0.15, -0.1) is 0 Å². The van der Waals surface area contributed by atoms with Crippen molar-refractivity contribution in [3.8, 4) is 0 Å². The number of hydrogen-bond donors (Lipinski definition) is 0. The Bertz CT molecular complexity index is 1300. The van der Waals surface area contributed by atoms with Gasteiger partial charge in [-0.2, -0.15) is 0 Å². The first-order valence-electron chi connectivity index (χ1n) is 11.7. The molecule has 6 rings (SSSR count). The molecule has 1 saturated carbocycles. The summed E-state index contributed by atoms with van der Waals surface area (Å²) in [6.45, 7) is 8.24. The Labute approximate surface area is 190 Å². The summed E-state index contributed by atoms with van der Waals surface area (Å²) in [5.74, 6) is 1.04. The highest BCUT2D eigenvalue weighted by molar-refractivity contribution is 6.02. The van der Waals surface area contributed by atoms with Gasteiger partial charge in [-0.1, -0.05) is 68.4 Å². The number of hydrogen-bond acceptors (Lipinski definition) is 2. The van der Waals surface area contributed by atoms with Crippen LogP contribution in [0.15, 0.2) is 79.0 Å². The molecule has 2 aliphatic rings. The second-order valence-corrected chi connectivity index (χ2v) is 10.2. The summed E-state index contributed by atoms with van der Waals surface area (Å²) < 4.78 is 2.61. The quantitative estimate of drug-likeness (QED) is 0.282. The highest BCUT2D eigenvalue weighted by atomic mass is 15.3. The Morgan fingerprint density at radius 1 is 0.906 bits per heavy atom. The molecule has 1 aliphatic carbocycles. The predicted octanol–water partition coefficient (Wildman–Crippen LogP) is 6.40. The van der Waals surface area contributed by atoms with Crippen molar-refractivity contribution in [1.82, 2.24) is 4.98 Å². The largest absolute Gasteiger partial charge is 0.258 e. The minimum absolute atomic E-state index is 0.0982. The molecule has 2 heterocycles. The van der Waals surface area contributed by atoms with Gasteiger partial charge >= 0.3 is 0 Å². The Balaban J connectivity index is 1.56. The molecule has 0 spiro atoms. The fourth-order valence-corrected chi connectivity index (χ4v) is 6.21. The van der Waals surface area contributed by atoms with E-state index >= 15 is 0 Å². The Morgan fingerprint density at radius 2 is 1.56 bits per heavy atom. The van der Waals surface area contributed by atoms with E-state index in [-0.39, 0.29) is 11.0 Å². The lowest BCUT2D eigenvalue weighted by Crippen LogP contribution is -2.61. The van der Waals surface area contributed by atoms with Crippen LogP contribution in [0.1, 0.15) is 39.2 Å². The summed E-state index contributed by atoms with van der Waals surface area (Å²) in [5.41, 5.74) is 1.65. The first kappa shape index (κ1) is 19.5. The number of pyridine rings is 1. The molecule has 0 saturated heterocycles. The van der Waals surface area contributed by atoms with E-state index in [2.05, 4.69) is 103 Å². The molecule has 3 heteroatoms. The Kier molecular flexibility index (Phi) is 4.20. The molecule has 160 valence electrons. The van der Waals surface area contributed by atoms with Crippen LogP contribution in [-0.2, 0) is 6.54 Å². The zero-order valence-electron chi connectivity index (χ0n) is 19.1. The van der Waals surface area contributed by atoms with E-state index in [1.807, 2.05) is 12.3 Å². The molecule has 3 nitrogen and oxygen atoms in total. The highest BCUT2D eigenvalue weighted by Gasteiger charge is 2.63. The zero-order chi connectivity index (χ0) is 21.9. The van der Waals surface area contributed by atoms with Crippen molar-refractivity contribution in [2.24, 2.45) is 5.41 Å². The third-order valence-corrected chi connectivity index (χ3v) is 8.48. The molecule has 2 atom stereocenters. The van der Waals surface area contributed by atoms with Crippen LogP contribution in [0.3, 0.4) is 0 Å². The molecular weight excluding hydrogens is 390 g/mol. The lowest BCUT2D eigenvalue weighted by atomic mass is 9.72. The smallest absolute Gasteiger partial charge is 0.241 e. The van der Waals surface area contributed by atoms with E-state index in [1.54, 1.807) is 0 Å². The number of rotatable bonds is 3. The normalized spacial score (nSPS) is 24.2. The van der Waals surface area contributed by atoms with Crippen LogP contribution >= 0.6 is 0 Å². The van der Waals surface area contributed by atoms with Crippen LogP contribution in [-0.4, -0.2) is 27.5 Å². The number of fused-ring (bicyclic) bond motifs is 4. The van der Waals surface area contributed by atoms with Crippen LogP contribution < -0.4 is 4.90 Å². The maximum absolute atomic E-state index is 4.72. The van der Waals surface area contributed by atoms with Gasteiger partial charge in [0.1, 0.15) is 18.1 Å². The van der Waals surface area contributed by atoms with Crippen LogP contribution in [0.5, 0.6) is 0 Å².